The highest BCUT2D eigenvalue weighted by atomic mass is 16.1. The van der Waals surface area contributed by atoms with Crippen LogP contribution in [0.5, 0.6) is 0 Å². The van der Waals surface area contributed by atoms with Crippen molar-refractivity contribution in [3.05, 3.63) is 51.4 Å². The van der Waals surface area contributed by atoms with E-state index in [1.165, 1.54) is 5.56 Å². The molecule has 2 rings (SSSR count). The van der Waals surface area contributed by atoms with Crippen LogP contribution >= 0.6 is 0 Å². The van der Waals surface area contributed by atoms with Gasteiger partial charge in [0, 0.05) is 11.3 Å². The quantitative estimate of drug-likeness (QED) is 0.877. The Hall–Kier alpha value is -1.77. The Morgan fingerprint density at radius 1 is 1.21 bits per heavy atom. The third-order valence-corrected chi connectivity index (χ3v) is 3.58. The van der Waals surface area contributed by atoms with Crippen LogP contribution in [0.2, 0.25) is 0 Å². The number of unbranched alkanes of at least 4 members (excludes halogenated alkanes) is 1. The molecule has 3 nitrogen and oxygen atoms in total. The van der Waals surface area contributed by atoms with Gasteiger partial charge in [0.05, 0.1) is 5.69 Å². The fourth-order valence-corrected chi connectivity index (χ4v) is 2.49. The third-order valence-electron chi connectivity index (χ3n) is 3.58. The molecule has 0 spiro atoms. The van der Waals surface area contributed by atoms with E-state index in [0.717, 1.165) is 42.6 Å². The first kappa shape index (κ1) is 13.7. The first-order chi connectivity index (χ1) is 9.19. The minimum atomic E-state index is 0.0526. The number of rotatable bonds is 5. The second kappa shape index (κ2) is 5.91. The summed E-state index contributed by atoms with van der Waals surface area (Å²) in [4.78, 5) is 12.1. The van der Waals surface area contributed by atoms with Gasteiger partial charge in [-0.1, -0.05) is 38.5 Å². The lowest BCUT2D eigenvalue weighted by molar-refractivity contribution is 0.720. The number of hydrogen-bond acceptors (Lipinski definition) is 1. The number of aromatic amines is 1. The van der Waals surface area contributed by atoms with Crippen LogP contribution in [0.25, 0.3) is 5.69 Å². The lowest BCUT2D eigenvalue weighted by Gasteiger charge is -2.11. The Bertz CT molecular complexity index is 607. The molecule has 1 aromatic heterocycles. The Kier molecular flexibility index (Phi) is 4.25. The van der Waals surface area contributed by atoms with Gasteiger partial charge in [0.2, 0.25) is 0 Å². The van der Waals surface area contributed by atoms with Crippen LogP contribution in [0.3, 0.4) is 0 Å². The van der Waals surface area contributed by atoms with Gasteiger partial charge >= 0.3 is 0 Å². The molecule has 1 N–H and O–H groups in total. The smallest absolute Gasteiger partial charge is 0.267 e. The molecule has 19 heavy (non-hydrogen) atoms. The van der Waals surface area contributed by atoms with Crippen molar-refractivity contribution in [2.45, 2.75) is 46.5 Å². The number of H-pyrrole nitrogens is 1. The molecule has 1 aromatic carbocycles. The summed E-state index contributed by atoms with van der Waals surface area (Å²) in [6.45, 7) is 6.29. The maximum absolute atomic E-state index is 12.1. The molecule has 0 fully saturated rings. The van der Waals surface area contributed by atoms with E-state index in [-0.39, 0.29) is 5.56 Å². The van der Waals surface area contributed by atoms with Crippen molar-refractivity contribution in [2.75, 3.05) is 0 Å². The highest BCUT2D eigenvalue weighted by Crippen LogP contribution is 2.18. The second-order valence-corrected chi connectivity index (χ2v) is 4.95. The molecule has 3 heteroatoms. The standard InChI is InChI=1S/C16H22N2O/c1-4-6-10-15-13(5-2)16(19)17-18(15)14-11-8-7-9-12(14)3/h7-9,11H,4-6,10H2,1-3H3,(H,17,19). The van der Waals surface area contributed by atoms with Crippen LogP contribution in [0.1, 0.15) is 43.5 Å². The van der Waals surface area contributed by atoms with Gasteiger partial charge in [-0.2, -0.15) is 0 Å². The summed E-state index contributed by atoms with van der Waals surface area (Å²) in [6, 6.07) is 8.16. The monoisotopic (exact) mass is 258 g/mol. The third kappa shape index (κ3) is 2.65. The molecular weight excluding hydrogens is 236 g/mol. The topological polar surface area (TPSA) is 37.8 Å². The number of hydrogen-bond donors (Lipinski definition) is 1. The van der Waals surface area contributed by atoms with Gasteiger partial charge in [-0.05, 0) is 37.8 Å². The summed E-state index contributed by atoms with van der Waals surface area (Å²) in [6.07, 6.45) is 3.98. The van der Waals surface area contributed by atoms with Gasteiger partial charge in [-0.15, -0.1) is 0 Å². The molecule has 0 unspecified atom stereocenters. The molecule has 0 aliphatic heterocycles. The van der Waals surface area contributed by atoms with Crippen molar-refractivity contribution in [2.24, 2.45) is 0 Å². The average molecular weight is 258 g/mol. The Morgan fingerprint density at radius 2 is 1.95 bits per heavy atom. The second-order valence-electron chi connectivity index (χ2n) is 4.95. The van der Waals surface area contributed by atoms with E-state index in [9.17, 15) is 4.79 Å². The van der Waals surface area contributed by atoms with Gasteiger partial charge < -0.3 is 0 Å². The summed E-state index contributed by atoms with van der Waals surface area (Å²) in [5, 5.41) is 2.99. The normalized spacial score (nSPS) is 10.9. The van der Waals surface area contributed by atoms with E-state index in [1.807, 2.05) is 23.7 Å². The van der Waals surface area contributed by atoms with Gasteiger partial charge in [-0.3, -0.25) is 14.6 Å². The average Bonchev–Trinajstić information content (AvgIpc) is 2.72. The molecule has 0 amide bonds. The van der Waals surface area contributed by atoms with Crippen LogP contribution in [0.4, 0.5) is 0 Å². The fourth-order valence-electron chi connectivity index (χ4n) is 2.49. The first-order valence-corrected chi connectivity index (χ1v) is 7.07. The van der Waals surface area contributed by atoms with E-state index >= 15 is 0 Å². The summed E-state index contributed by atoms with van der Waals surface area (Å²) in [5.41, 5.74) is 4.37. The molecule has 102 valence electrons. The molecule has 0 saturated carbocycles. The summed E-state index contributed by atoms with van der Waals surface area (Å²) < 4.78 is 1.98. The molecule has 0 radical (unpaired) electrons. The van der Waals surface area contributed by atoms with Crippen molar-refractivity contribution in [3.63, 3.8) is 0 Å². The zero-order valence-corrected chi connectivity index (χ0v) is 12.0. The van der Waals surface area contributed by atoms with Gasteiger partial charge in [0.15, 0.2) is 0 Å². The molecular formula is C16H22N2O. The van der Waals surface area contributed by atoms with Crippen LogP contribution < -0.4 is 5.56 Å². The SMILES string of the molecule is CCCCc1c(CC)c(=O)[nH]n1-c1ccccc1C. The molecule has 2 aromatic rings. The molecule has 0 bridgehead atoms. The summed E-state index contributed by atoms with van der Waals surface area (Å²) >= 11 is 0. The number of aromatic nitrogens is 2. The number of aryl methyl sites for hydroxylation is 1. The molecule has 0 aliphatic carbocycles. The predicted octanol–water partition coefficient (Wildman–Crippen LogP) is 3.38. The number of benzene rings is 1. The summed E-state index contributed by atoms with van der Waals surface area (Å²) in [5.74, 6) is 0. The highest BCUT2D eigenvalue weighted by Gasteiger charge is 2.14. The lowest BCUT2D eigenvalue weighted by Crippen LogP contribution is -2.07. The Labute approximate surface area is 114 Å². The number of para-hydroxylation sites is 1. The van der Waals surface area contributed by atoms with E-state index < -0.39 is 0 Å². The van der Waals surface area contributed by atoms with Gasteiger partial charge in [0.25, 0.3) is 5.56 Å². The van der Waals surface area contributed by atoms with Crippen molar-refractivity contribution >= 4 is 0 Å². The van der Waals surface area contributed by atoms with Crippen molar-refractivity contribution < 1.29 is 0 Å². The van der Waals surface area contributed by atoms with Crippen LogP contribution in [0, 0.1) is 6.92 Å². The number of nitrogens with one attached hydrogen (secondary N) is 1. The molecule has 1 heterocycles. The van der Waals surface area contributed by atoms with E-state index in [0.29, 0.717) is 0 Å². The summed E-state index contributed by atoms with van der Waals surface area (Å²) in [7, 11) is 0. The highest BCUT2D eigenvalue weighted by molar-refractivity contribution is 5.42. The fraction of sp³-hybridized carbons (Fsp3) is 0.438. The van der Waals surface area contributed by atoms with Crippen LogP contribution in [-0.4, -0.2) is 9.78 Å². The van der Waals surface area contributed by atoms with Crippen LogP contribution in [-0.2, 0) is 12.8 Å². The zero-order chi connectivity index (χ0) is 13.8. The molecule has 0 atom stereocenters. The Morgan fingerprint density at radius 3 is 2.58 bits per heavy atom. The zero-order valence-electron chi connectivity index (χ0n) is 12.0. The van der Waals surface area contributed by atoms with E-state index in [1.54, 1.807) is 0 Å². The van der Waals surface area contributed by atoms with E-state index in [2.05, 4.69) is 31.1 Å². The predicted molar refractivity (Wildman–Crippen MR) is 79.1 cm³/mol. The first-order valence-electron chi connectivity index (χ1n) is 7.07. The maximum Gasteiger partial charge on any atom is 0.267 e. The maximum atomic E-state index is 12.1. The lowest BCUT2D eigenvalue weighted by atomic mass is 10.1. The van der Waals surface area contributed by atoms with Crippen molar-refractivity contribution in [1.82, 2.24) is 9.78 Å². The van der Waals surface area contributed by atoms with E-state index in [4.69, 9.17) is 0 Å². The minimum absolute atomic E-state index is 0.0526. The minimum Gasteiger partial charge on any atom is -0.268 e. The largest absolute Gasteiger partial charge is 0.268 e. The van der Waals surface area contributed by atoms with Gasteiger partial charge in [0.1, 0.15) is 0 Å². The van der Waals surface area contributed by atoms with Gasteiger partial charge in [-0.25, -0.2) is 0 Å². The van der Waals surface area contributed by atoms with Crippen LogP contribution in [0.15, 0.2) is 29.1 Å². The van der Waals surface area contributed by atoms with Crippen molar-refractivity contribution in [3.8, 4) is 5.69 Å². The Balaban J connectivity index is 2.57. The number of nitrogens with zero attached hydrogens (tertiary/aromatic N) is 1. The van der Waals surface area contributed by atoms with Crippen molar-refractivity contribution in [1.29, 1.82) is 0 Å². The molecule has 0 aliphatic rings. The molecule has 0 saturated heterocycles.